The molecule has 1 saturated heterocycles. The monoisotopic (exact) mass is 281 g/mol. The number of carbonyl (C=O) groups is 1. The molecule has 0 aromatic rings. The summed E-state index contributed by atoms with van der Waals surface area (Å²) in [6.45, 7) is -0.552. The molecule has 0 N–H and O–H groups in total. The van der Waals surface area contributed by atoms with Gasteiger partial charge in [0.05, 0.1) is 19.6 Å². The Bertz CT molecular complexity index is 312. The highest BCUT2D eigenvalue weighted by Crippen LogP contribution is 2.54. The Kier molecular flexibility index (Phi) is 3.82. The summed E-state index contributed by atoms with van der Waals surface area (Å²) in [6, 6.07) is 0. The number of hydrogen-bond donors (Lipinski definition) is 0. The molecular formula is C8H9F6NO3. The van der Waals surface area contributed by atoms with Crippen LogP contribution in [0.2, 0.25) is 0 Å². The first kappa shape index (κ1) is 15.0. The van der Waals surface area contributed by atoms with Crippen molar-refractivity contribution in [2.75, 3.05) is 13.2 Å². The molecule has 4 nitrogen and oxygen atoms in total. The molecule has 0 aromatic heterocycles. The summed E-state index contributed by atoms with van der Waals surface area (Å²) in [5.74, 6) is -1.65. The second-order valence-electron chi connectivity index (χ2n) is 3.63. The van der Waals surface area contributed by atoms with Gasteiger partial charge in [-0.2, -0.15) is 26.3 Å². The second kappa shape index (κ2) is 4.57. The lowest BCUT2D eigenvalue weighted by Crippen LogP contribution is -2.60. The quantitative estimate of drug-likeness (QED) is 0.727. The molecule has 1 aliphatic heterocycles. The van der Waals surface area contributed by atoms with Gasteiger partial charge in [0.2, 0.25) is 0 Å². The van der Waals surface area contributed by atoms with Crippen molar-refractivity contribution in [1.29, 1.82) is 0 Å². The zero-order valence-electron chi connectivity index (χ0n) is 9.06. The Morgan fingerprint density at radius 3 is 2.17 bits per heavy atom. The van der Waals surface area contributed by atoms with Gasteiger partial charge in [-0.3, -0.25) is 9.63 Å². The van der Waals surface area contributed by atoms with Crippen LogP contribution in [0.25, 0.3) is 0 Å². The summed E-state index contributed by atoms with van der Waals surface area (Å²) >= 11 is 0. The third kappa shape index (κ3) is 2.53. The molecule has 106 valence electrons. The number of alkyl halides is 6. The van der Waals surface area contributed by atoms with Crippen LogP contribution in [0.5, 0.6) is 0 Å². The summed E-state index contributed by atoms with van der Waals surface area (Å²) in [5, 5.41) is -0.0766. The second-order valence-corrected chi connectivity index (χ2v) is 3.63. The number of carbonyl (C=O) groups excluding carboxylic acids is 1. The van der Waals surface area contributed by atoms with Crippen LogP contribution in [0.1, 0.15) is 13.3 Å². The van der Waals surface area contributed by atoms with E-state index >= 15 is 0 Å². The SMILES string of the molecule is CCON1CC(C(F)(F)F)(C(F)(F)F)CC(=O)O1. The zero-order chi connectivity index (χ0) is 14.2. The summed E-state index contributed by atoms with van der Waals surface area (Å²) in [5.41, 5.74) is -4.18. The van der Waals surface area contributed by atoms with E-state index in [4.69, 9.17) is 0 Å². The first-order valence-corrected chi connectivity index (χ1v) is 4.78. The van der Waals surface area contributed by atoms with Gasteiger partial charge in [-0.05, 0) is 12.2 Å². The van der Waals surface area contributed by atoms with Crippen LogP contribution in [0.4, 0.5) is 26.3 Å². The fourth-order valence-corrected chi connectivity index (χ4v) is 1.46. The minimum Gasteiger partial charge on any atom is -0.342 e. The molecule has 10 heteroatoms. The van der Waals surface area contributed by atoms with Crippen molar-refractivity contribution in [3.05, 3.63) is 0 Å². The van der Waals surface area contributed by atoms with Crippen molar-refractivity contribution in [1.82, 2.24) is 5.23 Å². The summed E-state index contributed by atoms with van der Waals surface area (Å²) in [4.78, 5) is 19.4. The van der Waals surface area contributed by atoms with E-state index in [2.05, 4.69) is 9.68 Å². The minimum absolute atomic E-state index is 0.0766. The Labute approximate surface area is 97.3 Å². The highest BCUT2D eigenvalue weighted by Gasteiger charge is 2.73. The Morgan fingerprint density at radius 1 is 1.28 bits per heavy atom. The van der Waals surface area contributed by atoms with Crippen LogP contribution in [0.15, 0.2) is 0 Å². The highest BCUT2D eigenvalue weighted by atomic mass is 19.4. The molecule has 0 atom stereocenters. The smallest absolute Gasteiger partial charge is 0.342 e. The molecule has 1 rings (SSSR count). The maximum absolute atomic E-state index is 12.7. The summed E-state index contributed by atoms with van der Waals surface area (Å²) < 4.78 is 76.0. The van der Waals surface area contributed by atoms with Crippen LogP contribution in [-0.2, 0) is 14.5 Å². The standard InChI is InChI=1S/C8H9F6NO3/c1-2-17-15-4-6(7(9,10)11,8(12,13)14)3-5(16)18-15/h2-4H2,1H3. The average Bonchev–Trinajstić information content (AvgIpc) is 2.13. The summed E-state index contributed by atoms with van der Waals surface area (Å²) in [7, 11) is 0. The van der Waals surface area contributed by atoms with Crippen molar-refractivity contribution in [3.8, 4) is 0 Å². The van der Waals surface area contributed by atoms with Gasteiger partial charge in [-0.25, -0.2) is 0 Å². The van der Waals surface area contributed by atoms with Crippen LogP contribution < -0.4 is 0 Å². The predicted octanol–water partition coefficient (Wildman–Crippen LogP) is 2.21. The van der Waals surface area contributed by atoms with E-state index in [0.29, 0.717) is 0 Å². The van der Waals surface area contributed by atoms with Crippen molar-refractivity contribution >= 4 is 5.97 Å². The van der Waals surface area contributed by atoms with Crippen LogP contribution >= 0.6 is 0 Å². The topological polar surface area (TPSA) is 38.8 Å². The fraction of sp³-hybridized carbons (Fsp3) is 0.875. The van der Waals surface area contributed by atoms with Crippen LogP contribution in [0.3, 0.4) is 0 Å². The third-order valence-electron chi connectivity index (χ3n) is 2.41. The fourth-order valence-electron chi connectivity index (χ4n) is 1.46. The number of hydrogen-bond acceptors (Lipinski definition) is 4. The molecule has 1 fully saturated rings. The molecule has 0 spiro atoms. The molecule has 0 aliphatic carbocycles. The van der Waals surface area contributed by atoms with Crippen LogP contribution in [0, 0.1) is 5.41 Å². The lowest BCUT2D eigenvalue weighted by Gasteiger charge is -2.41. The van der Waals surface area contributed by atoms with E-state index in [0.717, 1.165) is 0 Å². The van der Waals surface area contributed by atoms with Gasteiger partial charge in [0.1, 0.15) is 0 Å². The Balaban J connectivity index is 3.14. The zero-order valence-corrected chi connectivity index (χ0v) is 9.06. The molecule has 0 radical (unpaired) electrons. The van der Waals surface area contributed by atoms with Gasteiger partial charge in [0, 0.05) is 0 Å². The van der Waals surface area contributed by atoms with Crippen molar-refractivity contribution < 1.29 is 40.8 Å². The van der Waals surface area contributed by atoms with Gasteiger partial charge < -0.3 is 4.84 Å². The normalized spacial score (nSPS) is 21.8. The Morgan fingerprint density at radius 2 is 1.78 bits per heavy atom. The largest absolute Gasteiger partial charge is 0.405 e. The number of hydroxylamine groups is 2. The van der Waals surface area contributed by atoms with Gasteiger partial charge in [0.15, 0.2) is 5.41 Å². The predicted molar refractivity (Wildman–Crippen MR) is 43.6 cm³/mol. The van der Waals surface area contributed by atoms with E-state index in [9.17, 15) is 31.1 Å². The lowest BCUT2D eigenvalue weighted by atomic mass is 9.82. The van der Waals surface area contributed by atoms with E-state index < -0.39 is 36.7 Å². The molecule has 1 heterocycles. The lowest BCUT2D eigenvalue weighted by molar-refractivity contribution is -0.425. The maximum Gasteiger partial charge on any atom is 0.405 e. The third-order valence-corrected chi connectivity index (χ3v) is 2.41. The molecular weight excluding hydrogens is 272 g/mol. The van der Waals surface area contributed by atoms with E-state index in [-0.39, 0.29) is 11.8 Å². The van der Waals surface area contributed by atoms with E-state index in [1.54, 1.807) is 0 Å². The number of halogens is 6. The van der Waals surface area contributed by atoms with Gasteiger partial charge >= 0.3 is 18.3 Å². The van der Waals surface area contributed by atoms with Gasteiger partial charge in [-0.15, -0.1) is 0 Å². The molecule has 1 aliphatic rings. The number of nitrogens with zero attached hydrogens (tertiary/aromatic N) is 1. The first-order valence-electron chi connectivity index (χ1n) is 4.78. The molecule has 0 bridgehead atoms. The maximum atomic E-state index is 12.7. The van der Waals surface area contributed by atoms with Crippen molar-refractivity contribution in [2.45, 2.75) is 25.7 Å². The van der Waals surface area contributed by atoms with Crippen molar-refractivity contribution in [2.24, 2.45) is 5.41 Å². The molecule has 0 aromatic carbocycles. The molecule has 18 heavy (non-hydrogen) atoms. The van der Waals surface area contributed by atoms with E-state index in [1.807, 2.05) is 0 Å². The van der Waals surface area contributed by atoms with Gasteiger partial charge in [-0.1, -0.05) is 0 Å². The average molecular weight is 281 g/mol. The molecule has 0 unspecified atom stereocenters. The highest BCUT2D eigenvalue weighted by molar-refractivity contribution is 5.71. The van der Waals surface area contributed by atoms with E-state index in [1.165, 1.54) is 6.92 Å². The Hall–Kier alpha value is -1.03. The van der Waals surface area contributed by atoms with Crippen LogP contribution in [-0.4, -0.2) is 36.7 Å². The van der Waals surface area contributed by atoms with Gasteiger partial charge in [0.25, 0.3) is 0 Å². The first-order chi connectivity index (χ1) is 8.03. The molecule has 0 amide bonds. The summed E-state index contributed by atoms with van der Waals surface area (Å²) in [6.07, 6.45) is -13.1. The molecule has 0 saturated carbocycles. The number of rotatable bonds is 2. The van der Waals surface area contributed by atoms with Crippen molar-refractivity contribution in [3.63, 3.8) is 0 Å². The minimum atomic E-state index is -5.64.